The van der Waals surface area contributed by atoms with E-state index < -0.39 is 5.97 Å². The number of ether oxygens (including phenoxy) is 1. The van der Waals surface area contributed by atoms with Gasteiger partial charge in [-0.15, -0.1) is 0 Å². The number of esters is 1. The third kappa shape index (κ3) is 3.02. The number of hydrogen-bond acceptors (Lipinski definition) is 4. The first-order valence-corrected chi connectivity index (χ1v) is 4.37. The van der Waals surface area contributed by atoms with Crippen LogP contribution in [0.3, 0.4) is 0 Å². The fraction of sp³-hybridized carbons (Fsp3) is 0.750. The summed E-state index contributed by atoms with van der Waals surface area (Å²) in [4.78, 5) is 23.4. The Balaban J connectivity index is 2.12. The van der Waals surface area contributed by atoms with Crippen molar-refractivity contribution in [3.63, 3.8) is 0 Å². The topological polar surface area (TPSA) is 72.6 Å². The Morgan fingerprint density at radius 1 is 1.62 bits per heavy atom. The van der Waals surface area contributed by atoms with Gasteiger partial charge in [-0.3, -0.25) is 9.59 Å². The SMILES string of the molecule is NCC(=O)OCCN1CCCC1=O. The maximum Gasteiger partial charge on any atom is 0.319 e. The maximum atomic E-state index is 11.1. The zero-order valence-electron chi connectivity index (χ0n) is 7.49. The molecule has 1 saturated heterocycles. The Morgan fingerprint density at radius 2 is 2.38 bits per heavy atom. The number of nitrogens with two attached hydrogens (primary N) is 1. The van der Waals surface area contributed by atoms with Crippen LogP contribution in [-0.2, 0) is 14.3 Å². The molecule has 5 heteroatoms. The van der Waals surface area contributed by atoms with Crippen LogP contribution < -0.4 is 5.73 Å². The highest BCUT2D eigenvalue weighted by atomic mass is 16.5. The van der Waals surface area contributed by atoms with E-state index in [9.17, 15) is 9.59 Å². The minimum absolute atomic E-state index is 0.103. The van der Waals surface area contributed by atoms with E-state index in [-0.39, 0.29) is 19.1 Å². The lowest BCUT2D eigenvalue weighted by atomic mass is 10.4. The van der Waals surface area contributed by atoms with Crippen molar-refractivity contribution in [2.45, 2.75) is 12.8 Å². The number of nitrogens with zero attached hydrogens (tertiary/aromatic N) is 1. The minimum Gasteiger partial charge on any atom is -0.463 e. The van der Waals surface area contributed by atoms with Crippen molar-refractivity contribution in [2.75, 3.05) is 26.2 Å². The molecular formula is C8H14N2O3. The monoisotopic (exact) mass is 186 g/mol. The summed E-state index contributed by atoms with van der Waals surface area (Å²) in [6.07, 6.45) is 1.52. The number of hydrogen-bond donors (Lipinski definition) is 1. The molecule has 1 rings (SSSR count). The van der Waals surface area contributed by atoms with E-state index in [0.29, 0.717) is 13.0 Å². The molecule has 0 atom stereocenters. The number of carbonyl (C=O) groups is 2. The molecule has 1 aliphatic heterocycles. The highest BCUT2D eigenvalue weighted by Gasteiger charge is 2.19. The van der Waals surface area contributed by atoms with Gasteiger partial charge in [-0.05, 0) is 6.42 Å². The Kier molecular flexibility index (Phi) is 3.70. The highest BCUT2D eigenvalue weighted by molar-refractivity contribution is 5.78. The van der Waals surface area contributed by atoms with Crippen molar-refractivity contribution in [3.8, 4) is 0 Å². The Labute approximate surface area is 76.8 Å². The standard InChI is InChI=1S/C8H14N2O3/c9-6-8(12)13-5-4-10-3-1-2-7(10)11/h1-6,9H2. The predicted molar refractivity (Wildman–Crippen MR) is 45.8 cm³/mol. The van der Waals surface area contributed by atoms with Crippen LogP contribution in [0.2, 0.25) is 0 Å². The second kappa shape index (κ2) is 4.81. The van der Waals surface area contributed by atoms with Crippen LogP contribution in [0.4, 0.5) is 0 Å². The number of likely N-dealkylation sites (tertiary alicyclic amines) is 1. The van der Waals surface area contributed by atoms with Gasteiger partial charge in [0.05, 0.1) is 13.1 Å². The van der Waals surface area contributed by atoms with Crippen molar-refractivity contribution in [3.05, 3.63) is 0 Å². The van der Waals surface area contributed by atoms with Crippen LogP contribution in [-0.4, -0.2) is 43.0 Å². The molecule has 1 amide bonds. The van der Waals surface area contributed by atoms with Crippen LogP contribution in [0.15, 0.2) is 0 Å². The van der Waals surface area contributed by atoms with Gasteiger partial charge in [0.1, 0.15) is 6.61 Å². The lowest BCUT2D eigenvalue weighted by Crippen LogP contribution is -2.30. The van der Waals surface area contributed by atoms with Crippen LogP contribution in [0.1, 0.15) is 12.8 Å². The molecule has 0 aromatic carbocycles. The molecular weight excluding hydrogens is 172 g/mol. The second-order valence-electron chi connectivity index (χ2n) is 2.91. The third-order valence-electron chi connectivity index (χ3n) is 1.96. The van der Waals surface area contributed by atoms with Crippen LogP contribution in [0, 0.1) is 0 Å². The van der Waals surface area contributed by atoms with Gasteiger partial charge in [0, 0.05) is 13.0 Å². The molecule has 74 valence electrons. The zero-order valence-corrected chi connectivity index (χ0v) is 7.49. The summed E-state index contributed by atoms with van der Waals surface area (Å²) in [5.74, 6) is -0.282. The molecule has 1 heterocycles. The number of rotatable bonds is 4. The van der Waals surface area contributed by atoms with Gasteiger partial charge in [-0.2, -0.15) is 0 Å². The lowest BCUT2D eigenvalue weighted by molar-refractivity contribution is -0.143. The van der Waals surface area contributed by atoms with Gasteiger partial charge in [-0.1, -0.05) is 0 Å². The third-order valence-corrected chi connectivity index (χ3v) is 1.96. The van der Waals surface area contributed by atoms with Gasteiger partial charge >= 0.3 is 5.97 Å². The summed E-state index contributed by atoms with van der Waals surface area (Å²) in [5, 5.41) is 0. The first-order chi connectivity index (χ1) is 6.24. The minimum atomic E-state index is -0.424. The largest absolute Gasteiger partial charge is 0.463 e. The summed E-state index contributed by atoms with van der Waals surface area (Å²) in [6, 6.07) is 0. The van der Waals surface area contributed by atoms with Crippen LogP contribution in [0.25, 0.3) is 0 Å². The van der Waals surface area contributed by atoms with Crippen LogP contribution >= 0.6 is 0 Å². The second-order valence-corrected chi connectivity index (χ2v) is 2.91. The van der Waals surface area contributed by atoms with Crippen molar-refractivity contribution in [2.24, 2.45) is 5.73 Å². The van der Waals surface area contributed by atoms with Gasteiger partial charge < -0.3 is 15.4 Å². The average Bonchev–Trinajstić information content (AvgIpc) is 2.52. The summed E-state index contributed by atoms with van der Waals surface area (Å²) >= 11 is 0. The van der Waals surface area contributed by atoms with Crippen LogP contribution in [0.5, 0.6) is 0 Å². The van der Waals surface area contributed by atoms with E-state index in [1.54, 1.807) is 4.90 Å². The predicted octanol–water partition coefficient (Wildman–Crippen LogP) is -0.889. The fourth-order valence-electron chi connectivity index (χ4n) is 1.27. The lowest BCUT2D eigenvalue weighted by Gasteiger charge is -2.14. The maximum absolute atomic E-state index is 11.1. The first kappa shape index (κ1) is 9.98. The molecule has 5 nitrogen and oxygen atoms in total. The summed E-state index contributed by atoms with van der Waals surface area (Å²) in [5.41, 5.74) is 5.04. The smallest absolute Gasteiger partial charge is 0.319 e. The van der Waals surface area contributed by atoms with Crippen molar-refractivity contribution in [1.29, 1.82) is 0 Å². The molecule has 0 radical (unpaired) electrons. The fourth-order valence-corrected chi connectivity index (χ4v) is 1.27. The molecule has 0 unspecified atom stereocenters. The molecule has 1 aliphatic rings. The molecule has 0 bridgehead atoms. The molecule has 0 aromatic heterocycles. The molecule has 1 fully saturated rings. The van der Waals surface area contributed by atoms with Gasteiger partial charge in [0.15, 0.2) is 0 Å². The average molecular weight is 186 g/mol. The Morgan fingerprint density at radius 3 is 2.92 bits per heavy atom. The summed E-state index contributed by atoms with van der Waals surface area (Å²) in [6.45, 7) is 1.42. The van der Waals surface area contributed by atoms with Gasteiger partial charge in [0.25, 0.3) is 0 Å². The van der Waals surface area contributed by atoms with E-state index >= 15 is 0 Å². The number of carbonyl (C=O) groups excluding carboxylic acids is 2. The van der Waals surface area contributed by atoms with E-state index in [1.165, 1.54) is 0 Å². The normalized spacial score (nSPS) is 16.4. The molecule has 0 aliphatic carbocycles. The molecule has 2 N–H and O–H groups in total. The quantitative estimate of drug-likeness (QED) is 0.578. The molecule has 0 spiro atoms. The van der Waals surface area contributed by atoms with Crippen molar-refractivity contribution < 1.29 is 14.3 Å². The summed E-state index contributed by atoms with van der Waals surface area (Å²) in [7, 11) is 0. The van der Waals surface area contributed by atoms with E-state index in [1.807, 2.05) is 0 Å². The molecule has 0 saturated carbocycles. The zero-order chi connectivity index (χ0) is 9.68. The van der Waals surface area contributed by atoms with E-state index in [0.717, 1.165) is 13.0 Å². The Hall–Kier alpha value is -1.10. The molecule has 13 heavy (non-hydrogen) atoms. The number of amides is 1. The van der Waals surface area contributed by atoms with E-state index in [4.69, 9.17) is 10.5 Å². The highest BCUT2D eigenvalue weighted by Crippen LogP contribution is 2.08. The first-order valence-electron chi connectivity index (χ1n) is 4.37. The van der Waals surface area contributed by atoms with Gasteiger partial charge in [0.2, 0.25) is 5.91 Å². The molecule has 0 aromatic rings. The van der Waals surface area contributed by atoms with Crippen molar-refractivity contribution >= 4 is 11.9 Å². The summed E-state index contributed by atoms with van der Waals surface area (Å²) < 4.78 is 4.74. The van der Waals surface area contributed by atoms with Crippen molar-refractivity contribution in [1.82, 2.24) is 4.90 Å². The van der Waals surface area contributed by atoms with E-state index in [2.05, 4.69) is 0 Å². The van der Waals surface area contributed by atoms with Gasteiger partial charge in [-0.25, -0.2) is 0 Å². The Bertz CT molecular complexity index is 206.